The van der Waals surface area contributed by atoms with E-state index < -0.39 is 23.4 Å². The maximum atomic E-state index is 13.9. The lowest BCUT2D eigenvalue weighted by atomic mass is 9.89. The van der Waals surface area contributed by atoms with E-state index in [1.807, 2.05) is 37.8 Å². The number of aromatic nitrogens is 1. The Kier molecular flexibility index (Phi) is 7.75. The zero-order valence-electron chi connectivity index (χ0n) is 24.6. The number of rotatable bonds is 4. The van der Waals surface area contributed by atoms with Crippen molar-refractivity contribution in [2.24, 2.45) is 0 Å². The Hall–Kier alpha value is -3.25. The second-order valence-electron chi connectivity index (χ2n) is 12.5. The van der Waals surface area contributed by atoms with Crippen LogP contribution in [0.3, 0.4) is 0 Å². The standard InChI is InChI=1S/C29H39N5O6S/c1-17(2)34-25(36)29(40-27(34)38)12-7-13-33(16-29)19-10-14-32(15-11-19)24(35)21-20-9-8-18(3)30-22(20)41-23(21)31-26(37)39-28(4,5)6/h8-9,17,19H,7,10-16H2,1-6H3,(H,31,37). The van der Waals surface area contributed by atoms with E-state index in [9.17, 15) is 19.2 Å². The fourth-order valence-corrected chi connectivity index (χ4v) is 7.09. The third kappa shape index (κ3) is 5.76. The number of imide groups is 1. The molecule has 1 unspecified atom stereocenters. The first-order valence-electron chi connectivity index (χ1n) is 14.3. The number of likely N-dealkylation sites (tertiary alicyclic amines) is 2. The van der Waals surface area contributed by atoms with Gasteiger partial charge in [0.05, 0.1) is 5.56 Å². The molecule has 0 bridgehead atoms. The van der Waals surface area contributed by atoms with Crippen LogP contribution in [0.25, 0.3) is 10.2 Å². The van der Waals surface area contributed by atoms with E-state index in [4.69, 9.17) is 9.47 Å². The molecule has 0 radical (unpaired) electrons. The molecule has 0 aliphatic carbocycles. The zero-order valence-corrected chi connectivity index (χ0v) is 25.4. The van der Waals surface area contributed by atoms with E-state index in [0.717, 1.165) is 31.5 Å². The first kappa shape index (κ1) is 29.2. The van der Waals surface area contributed by atoms with Gasteiger partial charge in [0.1, 0.15) is 15.4 Å². The van der Waals surface area contributed by atoms with Gasteiger partial charge in [0, 0.05) is 42.8 Å². The van der Waals surface area contributed by atoms with Gasteiger partial charge in [0.15, 0.2) is 0 Å². The Morgan fingerprint density at radius 3 is 2.51 bits per heavy atom. The molecule has 1 spiro atoms. The quantitative estimate of drug-likeness (QED) is 0.544. The molecule has 41 heavy (non-hydrogen) atoms. The molecule has 1 N–H and O–H groups in total. The summed E-state index contributed by atoms with van der Waals surface area (Å²) in [5.74, 6) is -0.401. The molecular weight excluding hydrogens is 546 g/mol. The number of nitrogens with one attached hydrogen (secondary N) is 1. The van der Waals surface area contributed by atoms with E-state index in [-0.39, 0.29) is 23.9 Å². The van der Waals surface area contributed by atoms with Crippen LogP contribution in [-0.2, 0) is 14.3 Å². The van der Waals surface area contributed by atoms with Crippen molar-refractivity contribution >= 4 is 50.6 Å². The highest BCUT2D eigenvalue weighted by molar-refractivity contribution is 7.23. The topological polar surface area (TPSA) is 121 Å². The number of pyridine rings is 1. The average molecular weight is 586 g/mol. The number of carbonyl (C=O) groups excluding carboxylic acids is 4. The molecule has 2 aromatic rings. The predicted molar refractivity (Wildman–Crippen MR) is 155 cm³/mol. The van der Waals surface area contributed by atoms with Crippen molar-refractivity contribution in [2.75, 3.05) is 31.5 Å². The normalized spacial score (nSPS) is 22.6. The number of anilines is 1. The maximum absolute atomic E-state index is 13.9. The SMILES string of the molecule is Cc1ccc2c(C(=O)N3CCC(N4CCCC5(C4)OC(=O)N(C(C)C)C5=O)CC3)c(NC(=O)OC(C)(C)C)sc2n1. The second kappa shape index (κ2) is 10.9. The molecule has 0 aromatic carbocycles. The molecule has 222 valence electrons. The van der Waals surface area contributed by atoms with Crippen molar-refractivity contribution in [3.8, 4) is 0 Å². The minimum atomic E-state index is -1.12. The molecule has 3 saturated heterocycles. The molecule has 2 aromatic heterocycles. The van der Waals surface area contributed by atoms with Crippen LogP contribution in [0, 0.1) is 6.92 Å². The van der Waals surface area contributed by atoms with E-state index >= 15 is 0 Å². The third-order valence-corrected chi connectivity index (χ3v) is 8.89. The van der Waals surface area contributed by atoms with E-state index in [1.165, 1.54) is 16.2 Å². The molecule has 3 fully saturated rings. The minimum absolute atomic E-state index is 0.158. The number of amides is 4. The lowest BCUT2D eigenvalue weighted by molar-refractivity contribution is -0.143. The number of hydrogen-bond acceptors (Lipinski definition) is 9. The summed E-state index contributed by atoms with van der Waals surface area (Å²) in [5, 5.41) is 3.91. The smallest absolute Gasteiger partial charge is 0.418 e. The number of fused-ring (bicyclic) bond motifs is 1. The van der Waals surface area contributed by atoms with E-state index in [2.05, 4.69) is 15.2 Å². The molecular formula is C29H39N5O6S. The van der Waals surface area contributed by atoms with Crippen molar-refractivity contribution in [3.63, 3.8) is 0 Å². The van der Waals surface area contributed by atoms with Crippen molar-refractivity contribution < 1.29 is 28.7 Å². The number of nitrogens with zero attached hydrogens (tertiary/aromatic N) is 4. The van der Waals surface area contributed by atoms with Crippen molar-refractivity contribution in [2.45, 2.75) is 90.5 Å². The van der Waals surface area contributed by atoms with Gasteiger partial charge in [-0.3, -0.25) is 19.8 Å². The van der Waals surface area contributed by atoms with Gasteiger partial charge in [-0.15, -0.1) is 0 Å². The van der Waals surface area contributed by atoms with Gasteiger partial charge < -0.3 is 14.4 Å². The van der Waals surface area contributed by atoms with Crippen LogP contribution in [0.1, 0.15) is 76.4 Å². The molecule has 3 aliphatic heterocycles. The Morgan fingerprint density at radius 2 is 1.88 bits per heavy atom. The Balaban J connectivity index is 1.30. The first-order valence-corrected chi connectivity index (χ1v) is 15.1. The second-order valence-corrected chi connectivity index (χ2v) is 13.5. The molecule has 5 heterocycles. The largest absolute Gasteiger partial charge is 0.444 e. The van der Waals surface area contributed by atoms with Crippen LogP contribution in [0.15, 0.2) is 12.1 Å². The monoisotopic (exact) mass is 585 g/mol. The van der Waals surface area contributed by atoms with Gasteiger partial charge in [0.2, 0.25) is 5.60 Å². The lowest BCUT2D eigenvalue weighted by Crippen LogP contribution is -2.58. The number of piperidine rings is 2. The van der Waals surface area contributed by atoms with Crippen LogP contribution in [-0.4, -0.2) is 93.1 Å². The molecule has 12 heteroatoms. The number of aryl methyl sites for hydroxylation is 1. The highest BCUT2D eigenvalue weighted by atomic mass is 32.1. The zero-order chi connectivity index (χ0) is 29.7. The van der Waals surface area contributed by atoms with Crippen molar-refractivity contribution in [3.05, 3.63) is 23.4 Å². The molecule has 5 rings (SSSR count). The number of carbonyl (C=O) groups is 4. The number of ether oxygens (including phenoxy) is 2. The summed E-state index contributed by atoms with van der Waals surface area (Å²) in [7, 11) is 0. The van der Waals surface area contributed by atoms with Gasteiger partial charge in [-0.1, -0.05) is 11.3 Å². The Morgan fingerprint density at radius 1 is 1.17 bits per heavy atom. The summed E-state index contributed by atoms with van der Waals surface area (Å²) in [4.78, 5) is 62.8. The predicted octanol–water partition coefficient (Wildman–Crippen LogP) is 4.78. The van der Waals surface area contributed by atoms with Crippen LogP contribution < -0.4 is 5.32 Å². The molecule has 1 atom stereocenters. The van der Waals surface area contributed by atoms with Gasteiger partial charge in [-0.05, 0) is 85.9 Å². The summed E-state index contributed by atoms with van der Waals surface area (Å²) >= 11 is 1.26. The van der Waals surface area contributed by atoms with Gasteiger partial charge in [-0.25, -0.2) is 19.5 Å². The van der Waals surface area contributed by atoms with Gasteiger partial charge >= 0.3 is 12.2 Å². The number of thiophene rings is 1. The third-order valence-electron chi connectivity index (χ3n) is 7.88. The highest BCUT2D eigenvalue weighted by Crippen LogP contribution is 2.38. The van der Waals surface area contributed by atoms with Crippen LogP contribution in [0.4, 0.5) is 14.6 Å². The van der Waals surface area contributed by atoms with Crippen molar-refractivity contribution in [1.29, 1.82) is 0 Å². The van der Waals surface area contributed by atoms with Crippen LogP contribution >= 0.6 is 11.3 Å². The Bertz CT molecular complexity index is 1380. The first-order chi connectivity index (χ1) is 19.3. The summed E-state index contributed by atoms with van der Waals surface area (Å²) in [5.41, 5.74) is -0.542. The summed E-state index contributed by atoms with van der Waals surface area (Å²) in [6.07, 6.45) is 1.57. The van der Waals surface area contributed by atoms with Gasteiger partial charge in [-0.2, -0.15) is 0 Å². The number of hydrogen-bond donors (Lipinski definition) is 1. The minimum Gasteiger partial charge on any atom is -0.444 e. The highest BCUT2D eigenvalue weighted by Gasteiger charge is 2.56. The molecule has 3 aliphatic rings. The molecule has 0 saturated carbocycles. The molecule has 11 nitrogen and oxygen atoms in total. The maximum Gasteiger partial charge on any atom is 0.418 e. The van der Waals surface area contributed by atoms with Crippen LogP contribution in [0.2, 0.25) is 0 Å². The van der Waals surface area contributed by atoms with Crippen molar-refractivity contribution in [1.82, 2.24) is 19.7 Å². The van der Waals surface area contributed by atoms with Crippen LogP contribution in [0.5, 0.6) is 0 Å². The summed E-state index contributed by atoms with van der Waals surface area (Å²) in [6, 6.07) is 3.65. The fraction of sp³-hybridized carbons (Fsp3) is 0.621. The fourth-order valence-electron chi connectivity index (χ4n) is 5.99. The Labute approximate surface area is 244 Å². The summed E-state index contributed by atoms with van der Waals surface area (Å²) < 4.78 is 11.2. The average Bonchev–Trinajstić information content (AvgIpc) is 3.34. The molecule has 4 amide bonds. The van der Waals surface area contributed by atoms with E-state index in [1.54, 1.807) is 20.8 Å². The summed E-state index contributed by atoms with van der Waals surface area (Å²) in [6.45, 7) is 13.1. The van der Waals surface area contributed by atoms with Gasteiger partial charge in [0.25, 0.3) is 11.8 Å². The lowest BCUT2D eigenvalue weighted by Gasteiger charge is -2.44. The van der Waals surface area contributed by atoms with E-state index in [0.29, 0.717) is 46.8 Å².